The van der Waals surface area contributed by atoms with Crippen LogP contribution in [-0.2, 0) is 0 Å². The normalized spacial score (nSPS) is 11.7. The van der Waals surface area contributed by atoms with Crippen LogP contribution in [0.1, 0.15) is 11.6 Å². The third-order valence-electron chi connectivity index (χ3n) is 1.81. The molecule has 1 atom stereocenters. The summed E-state index contributed by atoms with van der Waals surface area (Å²) in [4.78, 5) is 0. The summed E-state index contributed by atoms with van der Waals surface area (Å²) in [6.07, 6.45) is 0. The van der Waals surface area contributed by atoms with E-state index in [1.54, 1.807) is 6.07 Å². The summed E-state index contributed by atoms with van der Waals surface area (Å²) in [5, 5.41) is 8.74. The zero-order valence-electron chi connectivity index (χ0n) is 7.74. The van der Waals surface area contributed by atoms with Gasteiger partial charge in [0.25, 0.3) is 0 Å². The van der Waals surface area contributed by atoms with E-state index >= 15 is 0 Å². The van der Waals surface area contributed by atoms with Crippen molar-refractivity contribution in [2.75, 3.05) is 13.7 Å². The van der Waals surface area contributed by atoms with Gasteiger partial charge in [0.05, 0.1) is 19.8 Å². The predicted molar refractivity (Wildman–Crippen MR) is 54.2 cm³/mol. The van der Waals surface area contributed by atoms with E-state index in [2.05, 4.69) is 0 Å². The molecule has 0 aliphatic rings. The molecule has 0 amide bonds. The number of nitrogens with two attached hydrogens (primary N) is 1. The summed E-state index contributed by atoms with van der Waals surface area (Å²) in [6.45, 7) is -0.288. The van der Waals surface area contributed by atoms with Crippen LogP contribution < -0.4 is 10.5 Å². The minimum atomic E-state index is -0.699. The minimum absolute atomic E-state index is 0. The summed E-state index contributed by atoms with van der Waals surface area (Å²) in [6, 6.07) is 3.96. The Labute approximate surface area is 88.1 Å². The second-order valence-corrected chi connectivity index (χ2v) is 2.65. The number of aliphatic hydroxyl groups excluding tert-OH is 1. The largest absolute Gasteiger partial charge is 0.494 e. The molecule has 0 unspecified atom stereocenters. The molecule has 0 aliphatic heterocycles. The highest BCUT2D eigenvalue weighted by Crippen LogP contribution is 2.23. The molecule has 3 N–H and O–H groups in total. The van der Waals surface area contributed by atoms with Crippen LogP contribution in [-0.4, -0.2) is 18.8 Å². The zero-order chi connectivity index (χ0) is 9.84. The molecule has 80 valence electrons. The van der Waals surface area contributed by atoms with Gasteiger partial charge >= 0.3 is 0 Å². The number of hydrogen-bond donors (Lipinski definition) is 2. The monoisotopic (exact) mass is 221 g/mol. The van der Waals surface area contributed by atoms with Crippen LogP contribution in [0.25, 0.3) is 0 Å². The fraction of sp³-hybridized carbons (Fsp3) is 0.333. The minimum Gasteiger partial charge on any atom is -0.494 e. The molecule has 14 heavy (non-hydrogen) atoms. The van der Waals surface area contributed by atoms with Crippen molar-refractivity contribution >= 4 is 12.4 Å². The highest BCUT2D eigenvalue weighted by Gasteiger charge is 2.13. The van der Waals surface area contributed by atoms with E-state index in [0.717, 1.165) is 0 Å². The van der Waals surface area contributed by atoms with E-state index in [0.29, 0.717) is 0 Å². The summed E-state index contributed by atoms with van der Waals surface area (Å²) >= 11 is 0. The fourth-order valence-electron chi connectivity index (χ4n) is 1.07. The van der Waals surface area contributed by atoms with Crippen molar-refractivity contribution in [3.8, 4) is 5.75 Å². The topological polar surface area (TPSA) is 55.5 Å². The molecule has 1 rings (SSSR count). The molecule has 0 spiro atoms. The maximum Gasteiger partial charge on any atom is 0.169 e. The first kappa shape index (κ1) is 13.2. The molecule has 0 radical (unpaired) electrons. The Morgan fingerprint density at radius 2 is 2.21 bits per heavy atom. The van der Waals surface area contributed by atoms with Crippen LogP contribution in [0.2, 0.25) is 0 Å². The standard InChI is InChI=1S/C9H12FNO2.ClH/c1-13-8-4-2-3-6(9(8)10)7(11)5-12;/h2-4,7,12H,5,11H2,1H3;1H/t7-;/m0./s1. The van der Waals surface area contributed by atoms with Gasteiger partial charge in [-0.15, -0.1) is 12.4 Å². The summed E-state index contributed by atoms with van der Waals surface area (Å²) in [7, 11) is 1.38. The highest BCUT2D eigenvalue weighted by molar-refractivity contribution is 5.85. The number of aliphatic hydroxyl groups is 1. The van der Waals surface area contributed by atoms with Crippen LogP contribution >= 0.6 is 12.4 Å². The molecule has 0 fully saturated rings. The second-order valence-electron chi connectivity index (χ2n) is 2.65. The van der Waals surface area contributed by atoms with Crippen molar-refractivity contribution in [3.63, 3.8) is 0 Å². The van der Waals surface area contributed by atoms with E-state index < -0.39 is 11.9 Å². The molecular formula is C9H13ClFNO2. The molecule has 3 nitrogen and oxygen atoms in total. The number of rotatable bonds is 3. The number of benzene rings is 1. The van der Waals surface area contributed by atoms with E-state index in [1.807, 2.05) is 0 Å². The van der Waals surface area contributed by atoms with Gasteiger partial charge in [0.2, 0.25) is 0 Å². The molecule has 0 aromatic heterocycles. The van der Waals surface area contributed by atoms with Crippen molar-refractivity contribution in [1.29, 1.82) is 0 Å². The quantitative estimate of drug-likeness (QED) is 0.808. The molecule has 5 heteroatoms. The van der Waals surface area contributed by atoms with Crippen molar-refractivity contribution in [3.05, 3.63) is 29.6 Å². The van der Waals surface area contributed by atoms with Crippen molar-refractivity contribution < 1.29 is 14.2 Å². The van der Waals surface area contributed by atoms with Crippen LogP contribution in [0.15, 0.2) is 18.2 Å². The van der Waals surface area contributed by atoms with Gasteiger partial charge in [-0.3, -0.25) is 0 Å². The lowest BCUT2D eigenvalue weighted by atomic mass is 10.1. The smallest absolute Gasteiger partial charge is 0.169 e. The van der Waals surface area contributed by atoms with Crippen LogP contribution in [0.4, 0.5) is 4.39 Å². The second kappa shape index (κ2) is 5.80. The van der Waals surface area contributed by atoms with Gasteiger partial charge in [0, 0.05) is 5.56 Å². The molecule has 1 aromatic carbocycles. The van der Waals surface area contributed by atoms with E-state index in [9.17, 15) is 4.39 Å². The Hall–Kier alpha value is -0.840. The first-order valence-corrected chi connectivity index (χ1v) is 3.89. The lowest BCUT2D eigenvalue weighted by molar-refractivity contribution is 0.264. The fourth-order valence-corrected chi connectivity index (χ4v) is 1.07. The lowest BCUT2D eigenvalue weighted by Crippen LogP contribution is -2.16. The van der Waals surface area contributed by atoms with Crippen LogP contribution in [0, 0.1) is 5.82 Å². The summed E-state index contributed by atoms with van der Waals surface area (Å²) in [5.74, 6) is -0.368. The van der Waals surface area contributed by atoms with Crippen molar-refractivity contribution in [2.24, 2.45) is 5.73 Å². The molecule has 0 bridgehead atoms. The SMILES string of the molecule is COc1cccc([C@@H](N)CO)c1F.Cl. The Morgan fingerprint density at radius 1 is 1.57 bits per heavy atom. The highest BCUT2D eigenvalue weighted by atomic mass is 35.5. The van der Waals surface area contributed by atoms with Gasteiger partial charge < -0.3 is 15.6 Å². The van der Waals surface area contributed by atoms with E-state index in [4.69, 9.17) is 15.6 Å². The molecule has 1 aromatic rings. The van der Waals surface area contributed by atoms with Crippen molar-refractivity contribution in [1.82, 2.24) is 0 Å². The lowest BCUT2D eigenvalue weighted by Gasteiger charge is -2.11. The molecule has 0 aliphatic carbocycles. The molecule has 0 saturated heterocycles. The van der Waals surface area contributed by atoms with Gasteiger partial charge in [0.15, 0.2) is 11.6 Å². The van der Waals surface area contributed by atoms with Crippen LogP contribution in [0.5, 0.6) is 5.75 Å². The summed E-state index contributed by atoms with van der Waals surface area (Å²) < 4.78 is 18.2. The van der Waals surface area contributed by atoms with Crippen LogP contribution in [0.3, 0.4) is 0 Å². The third kappa shape index (κ3) is 2.57. The van der Waals surface area contributed by atoms with Gasteiger partial charge in [-0.2, -0.15) is 0 Å². The number of hydrogen-bond acceptors (Lipinski definition) is 3. The van der Waals surface area contributed by atoms with Crippen molar-refractivity contribution in [2.45, 2.75) is 6.04 Å². The Balaban J connectivity index is 0.00000169. The van der Waals surface area contributed by atoms with Gasteiger partial charge in [-0.1, -0.05) is 12.1 Å². The maximum atomic E-state index is 13.4. The van der Waals surface area contributed by atoms with Gasteiger partial charge in [-0.25, -0.2) is 4.39 Å². The number of methoxy groups -OCH3 is 1. The third-order valence-corrected chi connectivity index (χ3v) is 1.81. The first-order valence-electron chi connectivity index (χ1n) is 3.89. The maximum absolute atomic E-state index is 13.4. The average molecular weight is 222 g/mol. The average Bonchev–Trinajstić information content (AvgIpc) is 2.17. The Bertz CT molecular complexity index is 296. The molecular weight excluding hydrogens is 209 g/mol. The Morgan fingerprint density at radius 3 is 2.71 bits per heavy atom. The molecule has 0 saturated carbocycles. The van der Waals surface area contributed by atoms with E-state index in [-0.39, 0.29) is 30.3 Å². The van der Waals surface area contributed by atoms with Gasteiger partial charge in [0.1, 0.15) is 0 Å². The van der Waals surface area contributed by atoms with E-state index in [1.165, 1.54) is 19.2 Å². The first-order chi connectivity index (χ1) is 6.20. The molecule has 0 heterocycles. The number of halogens is 2. The predicted octanol–water partition coefficient (Wildman–Crippen LogP) is 1.25. The zero-order valence-corrected chi connectivity index (χ0v) is 8.55. The van der Waals surface area contributed by atoms with Gasteiger partial charge in [-0.05, 0) is 6.07 Å². The number of ether oxygens (including phenoxy) is 1. The summed E-state index contributed by atoms with van der Waals surface area (Å²) in [5.41, 5.74) is 5.74. The Kier molecular flexibility index (Phi) is 5.45.